The van der Waals surface area contributed by atoms with Crippen molar-refractivity contribution in [3.8, 4) is 5.75 Å². The molecule has 2 aliphatic heterocycles. The summed E-state index contributed by atoms with van der Waals surface area (Å²) in [4.78, 5) is 11.7. The number of piperidine rings is 1. The number of carbonyl (C=O) groups excluding carboxylic acids is 1. The van der Waals surface area contributed by atoms with Crippen molar-refractivity contribution in [1.29, 1.82) is 0 Å². The van der Waals surface area contributed by atoms with E-state index in [0.717, 1.165) is 62.9 Å². The molecule has 162 valence electrons. The van der Waals surface area contributed by atoms with Crippen molar-refractivity contribution in [2.75, 3.05) is 20.2 Å². The Balaban J connectivity index is 0.00000117. The van der Waals surface area contributed by atoms with Gasteiger partial charge >= 0.3 is 5.97 Å². The van der Waals surface area contributed by atoms with E-state index in [4.69, 9.17) is 9.47 Å². The zero-order chi connectivity index (χ0) is 20.9. The van der Waals surface area contributed by atoms with Gasteiger partial charge < -0.3 is 9.47 Å². The molecule has 3 aliphatic rings. The lowest BCUT2D eigenvalue weighted by molar-refractivity contribution is 0.00238. The first-order valence-corrected chi connectivity index (χ1v) is 12.3. The van der Waals surface area contributed by atoms with Crippen molar-refractivity contribution >= 4 is 17.0 Å². The van der Waals surface area contributed by atoms with Gasteiger partial charge in [0.1, 0.15) is 11.4 Å². The standard InChI is InChI=1S/C21H29NO4S.C2H6/c1-25-20(23)17-7-8-19-16(15-17)9-10-21(26-19)11-13-22(14-12-21)27(24)18-5-3-2-4-6-18;1-2/h7-8,15,18H,2-6,9-14H2,1H3;1-2H3. The highest BCUT2D eigenvalue weighted by molar-refractivity contribution is 7.83. The Morgan fingerprint density at radius 3 is 2.48 bits per heavy atom. The molecule has 1 aliphatic carbocycles. The number of rotatable bonds is 3. The van der Waals surface area contributed by atoms with Crippen LogP contribution >= 0.6 is 0 Å². The third-order valence-electron chi connectivity index (χ3n) is 6.38. The molecule has 6 heteroatoms. The van der Waals surface area contributed by atoms with Crippen LogP contribution in [0.3, 0.4) is 0 Å². The van der Waals surface area contributed by atoms with Gasteiger partial charge in [0.25, 0.3) is 0 Å². The highest BCUT2D eigenvalue weighted by Gasteiger charge is 2.41. The molecule has 2 fully saturated rings. The summed E-state index contributed by atoms with van der Waals surface area (Å²) in [7, 11) is 0.559. The Bertz CT molecular complexity index is 722. The van der Waals surface area contributed by atoms with Crippen LogP contribution in [-0.4, -0.2) is 45.5 Å². The van der Waals surface area contributed by atoms with Crippen molar-refractivity contribution in [2.24, 2.45) is 0 Å². The van der Waals surface area contributed by atoms with Crippen LogP contribution in [-0.2, 0) is 22.1 Å². The molecule has 29 heavy (non-hydrogen) atoms. The van der Waals surface area contributed by atoms with Gasteiger partial charge in [-0.2, -0.15) is 0 Å². The largest absolute Gasteiger partial charge is 0.487 e. The lowest BCUT2D eigenvalue weighted by Crippen LogP contribution is -2.51. The van der Waals surface area contributed by atoms with Gasteiger partial charge in [-0.3, -0.25) is 0 Å². The molecule has 1 aromatic rings. The molecule has 1 aromatic carbocycles. The van der Waals surface area contributed by atoms with Crippen LogP contribution < -0.4 is 4.74 Å². The first-order valence-electron chi connectivity index (χ1n) is 11.2. The van der Waals surface area contributed by atoms with Crippen LogP contribution in [0.15, 0.2) is 18.2 Å². The second kappa shape index (κ2) is 10.1. The summed E-state index contributed by atoms with van der Waals surface area (Å²) >= 11 is 0. The van der Waals surface area contributed by atoms with Gasteiger partial charge in [0.05, 0.1) is 23.7 Å². The lowest BCUT2D eigenvalue weighted by Gasteiger charge is -2.44. The summed E-state index contributed by atoms with van der Waals surface area (Å²) in [5, 5.41) is 0.359. The van der Waals surface area contributed by atoms with E-state index in [1.807, 2.05) is 26.0 Å². The van der Waals surface area contributed by atoms with Crippen LogP contribution in [0.2, 0.25) is 0 Å². The molecule has 1 saturated heterocycles. The summed E-state index contributed by atoms with van der Waals surface area (Å²) in [6.07, 6.45) is 9.67. The lowest BCUT2D eigenvalue weighted by atomic mass is 9.83. The minimum Gasteiger partial charge on any atom is -0.487 e. The number of hydrogen-bond acceptors (Lipinski definition) is 4. The topological polar surface area (TPSA) is 55.8 Å². The quantitative estimate of drug-likeness (QED) is 0.667. The van der Waals surface area contributed by atoms with Crippen LogP contribution in [0.5, 0.6) is 5.75 Å². The second-order valence-corrected chi connectivity index (χ2v) is 9.80. The Morgan fingerprint density at radius 1 is 1.14 bits per heavy atom. The molecule has 0 N–H and O–H groups in total. The van der Waals surface area contributed by atoms with E-state index in [1.54, 1.807) is 6.07 Å². The fourth-order valence-electron chi connectivity index (χ4n) is 4.67. The Labute approximate surface area is 177 Å². The Kier molecular flexibility index (Phi) is 7.74. The number of methoxy groups -OCH3 is 1. The molecule has 1 unspecified atom stereocenters. The Hall–Kier alpha value is -1.40. The third-order valence-corrected chi connectivity index (χ3v) is 8.30. The van der Waals surface area contributed by atoms with Crippen LogP contribution in [0, 0.1) is 0 Å². The molecule has 2 heterocycles. The fourth-order valence-corrected chi connectivity index (χ4v) is 6.37. The second-order valence-electron chi connectivity index (χ2n) is 8.06. The van der Waals surface area contributed by atoms with E-state index < -0.39 is 11.0 Å². The molecule has 0 bridgehead atoms. The first kappa shape index (κ1) is 22.3. The Morgan fingerprint density at radius 2 is 1.83 bits per heavy atom. The summed E-state index contributed by atoms with van der Waals surface area (Å²) < 4.78 is 26.3. The molecule has 0 amide bonds. The molecule has 4 rings (SSSR count). The van der Waals surface area contributed by atoms with Gasteiger partial charge in [0.15, 0.2) is 0 Å². The summed E-state index contributed by atoms with van der Waals surface area (Å²) in [5.41, 5.74) is 1.51. The van der Waals surface area contributed by atoms with Crippen molar-refractivity contribution < 1.29 is 18.5 Å². The molecule has 1 atom stereocenters. The summed E-state index contributed by atoms with van der Waals surface area (Å²) in [6, 6.07) is 5.56. The normalized spacial score (nSPS) is 22.6. The number of ether oxygens (including phenoxy) is 2. The summed E-state index contributed by atoms with van der Waals surface area (Å²) in [5.74, 6) is 0.576. The minimum absolute atomic E-state index is 0.146. The molecular weight excluding hydrogens is 386 g/mol. The number of esters is 1. The van der Waals surface area contributed by atoms with Gasteiger partial charge in [0.2, 0.25) is 0 Å². The minimum atomic E-state index is -0.842. The van der Waals surface area contributed by atoms with Crippen molar-refractivity contribution in [1.82, 2.24) is 4.31 Å². The van der Waals surface area contributed by atoms with E-state index >= 15 is 0 Å². The molecule has 0 radical (unpaired) electrons. The average Bonchev–Trinajstić information content (AvgIpc) is 2.80. The predicted molar refractivity (Wildman–Crippen MR) is 117 cm³/mol. The zero-order valence-electron chi connectivity index (χ0n) is 18.1. The number of fused-ring (bicyclic) bond motifs is 1. The van der Waals surface area contributed by atoms with Crippen LogP contribution in [0.25, 0.3) is 0 Å². The summed E-state index contributed by atoms with van der Waals surface area (Å²) in [6.45, 7) is 5.69. The number of carbonyl (C=O) groups is 1. The monoisotopic (exact) mass is 421 g/mol. The molecule has 0 aromatic heterocycles. The number of aryl methyl sites for hydroxylation is 1. The molecule has 1 saturated carbocycles. The van der Waals surface area contributed by atoms with Gasteiger partial charge in [-0.05, 0) is 49.4 Å². The highest BCUT2D eigenvalue weighted by atomic mass is 32.2. The maximum atomic E-state index is 12.9. The predicted octanol–water partition coefficient (Wildman–Crippen LogP) is 4.66. The van der Waals surface area contributed by atoms with E-state index in [0.29, 0.717) is 10.8 Å². The average molecular weight is 422 g/mol. The van der Waals surface area contributed by atoms with Gasteiger partial charge in [0, 0.05) is 31.2 Å². The smallest absolute Gasteiger partial charge is 0.337 e. The van der Waals surface area contributed by atoms with Gasteiger partial charge in [-0.25, -0.2) is 13.3 Å². The van der Waals surface area contributed by atoms with E-state index in [9.17, 15) is 9.00 Å². The van der Waals surface area contributed by atoms with E-state index in [1.165, 1.54) is 26.4 Å². The molecule has 5 nitrogen and oxygen atoms in total. The van der Waals surface area contributed by atoms with Crippen molar-refractivity contribution in [2.45, 2.75) is 82.5 Å². The van der Waals surface area contributed by atoms with Gasteiger partial charge in [-0.15, -0.1) is 0 Å². The third kappa shape index (κ3) is 5.02. The van der Waals surface area contributed by atoms with Crippen molar-refractivity contribution in [3.05, 3.63) is 29.3 Å². The molecule has 1 spiro atoms. The number of nitrogens with zero attached hydrogens (tertiary/aromatic N) is 1. The number of benzene rings is 1. The van der Waals surface area contributed by atoms with E-state index in [-0.39, 0.29) is 11.6 Å². The van der Waals surface area contributed by atoms with Crippen LogP contribution in [0.4, 0.5) is 0 Å². The highest BCUT2D eigenvalue weighted by Crippen LogP contribution is 2.40. The maximum absolute atomic E-state index is 12.9. The fraction of sp³-hybridized carbons (Fsp3) is 0.696. The number of hydrogen-bond donors (Lipinski definition) is 0. The first-order chi connectivity index (χ1) is 14.1. The zero-order valence-corrected chi connectivity index (χ0v) is 18.9. The molecular formula is C23H35NO4S. The van der Waals surface area contributed by atoms with Crippen molar-refractivity contribution in [3.63, 3.8) is 0 Å². The van der Waals surface area contributed by atoms with Gasteiger partial charge in [-0.1, -0.05) is 33.1 Å². The SMILES string of the molecule is CC.COC(=O)c1ccc2c(c1)CCC1(CCN(S(=O)C3CCCCC3)CC1)O2. The van der Waals surface area contributed by atoms with E-state index in [2.05, 4.69) is 4.31 Å². The van der Waals surface area contributed by atoms with Crippen LogP contribution in [0.1, 0.15) is 81.1 Å². The maximum Gasteiger partial charge on any atom is 0.337 e.